The summed E-state index contributed by atoms with van der Waals surface area (Å²) in [6.07, 6.45) is 0.153. The van der Waals surface area contributed by atoms with E-state index in [0.717, 1.165) is 6.42 Å². The average Bonchev–Trinajstić information content (AvgIpc) is 2.41. The molecule has 1 amide bonds. The van der Waals surface area contributed by atoms with Gasteiger partial charge in [-0.15, -0.1) is 0 Å². The first-order valence-corrected chi connectivity index (χ1v) is 6.41. The van der Waals surface area contributed by atoms with Crippen LogP contribution < -0.4 is 10.1 Å². The Hall–Kier alpha value is -1.62. The molecule has 0 heterocycles. The Morgan fingerprint density at radius 3 is 2.68 bits per heavy atom. The van der Waals surface area contributed by atoms with Crippen molar-refractivity contribution in [3.05, 3.63) is 30.1 Å². The number of benzene rings is 1. The summed E-state index contributed by atoms with van der Waals surface area (Å²) in [6.45, 7) is 5.44. The third-order valence-electron chi connectivity index (χ3n) is 2.46. The van der Waals surface area contributed by atoms with E-state index in [-0.39, 0.29) is 11.7 Å². The predicted octanol–water partition coefficient (Wildman–Crippen LogP) is 2.14. The van der Waals surface area contributed by atoms with Crippen molar-refractivity contribution in [1.29, 1.82) is 0 Å². The highest BCUT2D eigenvalue weighted by atomic mass is 19.1. The van der Waals surface area contributed by atoms with Crippen molar-refractivity contribution in [2.24, 2.45) is 0 Å². The SMILES string of the molecule is CCOCCCNC(=O)[C@H](C)Oc1ccc(F)cc1. The van der Waals surface area contributed by atoms with E-state index in [2.05, 4.69) is 5.32 Å². The molecule has 0 unspecified atom stereocenters. The number of rotatable bonds is 8. The zero-order valence-corrected chi connectivity index (χ0v) is 11.3. The maximum absolute atomic E-state index is 12.7. The standard InChI is InChI=1S/C14H20FNO3/c1-3-18-10-4-9-16-14(17)11(2)19-13-7-5-12(15)6-8-13/h5-8,11H,3-4,9-10H2,1-2H3,(H,16,17)/t11-/m0/s1. The number of amides is 1. The Morgan fingerprint density at radius 2 is 2.05 bits per heavy atom. The van der Waals surface area contributed by atoms with Crippen molar-refractivity contribution < 1.29 is 18.7 Å². The Kier molecular flexibility index (Phi) is 6.89. The molecule has 0 aromatic heterocycles. The van der Waals surface area contributed by atoms with Gasteiger partial charge in [0.25, 0.3) is 5.91 Å². The molecule has 0 aliphatic rings. The van der Waals surface area contributed by atoms with Crippen LogP contribution in [-0.4, -0.2) is 31.8 Å². The number of carbonyl (C=O) groups is 1. The summed E-state index contributed by atoms with van der Waals surface area (Å²) in [5.74, 6) is -0.0560. The second-order valence-electron chi connectivity index (χ2n) is 4.06. The summed E-state index contributed by atoms with van der Waals surface area (Å²) in [4.78, 5) is 11.7. The average molecular weight is 269 g/mol. The van der Waals surface area contributed by atoms with Crippen LogP contribution in [0.2, 0.25) is 0 Å². The van der Waals surface area contributed by atoms with Gasteiger partial charge in [-0.2, -0.15) is 0 Å². The van der Waals surface area contributed by atoms with Gasteiger partial charge in [-0.1, -0.05) is 0 Å². The van der Waals surface area contributed by atoms with Crippen LogP contribution in [0.4, 0.5) is 4.39 Å². The first-order chi connectivity index (χ1) is 9.13. The molecule has 1 rings (SSSR count). The van der Waals surface area contributed by atoms with Crippen LogP contribution in [0.1, 0.15) is 20.3 Å². The molecule has 4 nitrogen and oxygen atoms in total. The van der Waals surface area contributed by atoms with Crippen LogP contribution in [0.15, 0.2) is 24.3 Å². The maximum atomic E-state index is 12.7. The molecule has 0 spiro atoms. The third-order valence-corrected chi connectivity index (χ3v) is 2.46. The van der Waals surface area contributed by atoms with E-state index < -0.39 is 6.10 Å². The minimum Gasteiger partial charge on any atom is -0.481 e. The molecule has 106 valence electrons. The lowest BCUT2D eigenvalue weighted by Gasteiger charge is -2.14. The molecule has 0 aliphatic carbocycles. The van der Waals surface area contributed by atoms with Gasteiger partial charge < -0.3 is 14.8 Å². The molecular weight excluding hydrogens is 249 g/mol. The van der Waals surface area contributed by atoms with E-state index >= 15 is 0 Å². The Morgan fingerprint density at radius 1 is 1.37 bits per heavy atom. The van der Waals surface area contributed by atoms with Crippen LogP contribution >= 0.6 is 0 Å². The fraction of sp³-hybridized carbons (Fsp3) is 0.500. The van der Waals surface area contributed by atoms with Crippen molar-refractivity contribution in [3.8, 4) is 5.75 Å². The van der Waals surface area contributed by atoms with Gasteiger partial charge in [0.1, 0.15) is 11.6 Å². The Balaban J connectivity index is 2.26. The molecule has 0 fully saturated rings. The van der Waals surface area contributed by atoms with E-state index in [1.165, 1.54) is 24.3 Å². The predicted molar refractivity (Wildman–Crippen MR) is 70.6 cm³/mol. The lowest BCUT2D eigenvalue weighted by Crippen LogP contribution is -2.37. The van der Waals surface area contributed by atoms with E-state index in [4.69, 9.17) is 9.47 Å². The normalized spacial score (nSPS) is 11.9. The molecule has 0 bridgehead atoms. The molecule has 1 aromatic carbocycles. The summed E-state index contributed by atoms with van der Waals surface area (Å²) in [6, 6.07) is 5.58. The van der Waals surface area contributed by atoms with Gasteiger partial charge in [0.05, 0.1) is 0 Å². The number of hydrogen-bond acceptors (Lipinski definition) is 3. The van der Waals surface area contributed by atoms with Crippen LogP contribution in [0.25, 0.3) is 0 Å². The summed E-state index contributed by atoms with van der Waals surface area (Å²) in [5.41, 5.74) is 0. The van der Waals surface area contributed by atoms with Gasteiger partial charge in [0, 0.05) is 19.8 Å². The molecule has 0 radical (unpaired) electrons. The number of nitrogens with one attached hydrogen (secondary N) is 1. The van der Waals surface area contributed by atoms with Crippen molar-refractivity contribution in [2.75, 3.05) is 19.8 Å². The Bertz CT molecular complexity index is 381. The van der Waals surface area contributed by atoms with Gasteiger partial charge in [0.2, 0.25) is 0 Å². The largest absolute Gasteiger partial charge is 0.481 e. The zero-order chi connectivity index (χ0) is 14.1. The zero-order valence-electron chi connectivity index (χ0n) is 11.3. The number of carbonyl (C=O) groups excluding carboxylic acids is 1. The van der Waals surface area contributed by atoms with Gasteiger partial charge in [0.15, 0.2) is 6.10 Å². The van der Waals surface area contributed by atoms with Gasteiger partial charge in [-0.3, -0.25) is 4.79 Å². The van der Waals surface area contributed by atoms with E-state index in [1.807, 2.05) is 6.92 Å². The molecule has 19 heavy (non-hydrogen) atoms. The van der Waals surface area contributed by atoms with E-state index in [1.54, 1.807) is 6.92 Å². The molecule has 0 saturated heterocycles. The van der Waals surface area contributed by atoms with Crippen molar-refractivity contribution in [3.63, 3.8) is 0 Å². The van der Waals surface area contributed by atoms with E-state index in [0.29, 0.717) is 25.5 Å². The van der Waals surface area contributed by atoms with E-state index in [9.17, 15) is 9.18 Å². The summed E-state index contributed by atoms with van der Waals surface area (Å²) in [7, 11) is 0. The number of hydrogen-bond donors (Lipinski definition) is 1. The molecule has 0 aliphatic heterocycles. The first kappa shape index (κ1) is 15.4. The molecule has 0 saturated carbocycles. The monoisotopic (exact) mass is 269 g/mol. The summed E-state index contributed by atoms with van der Waals surface area (Å²) >= 11 is 0. The molecule has 1 aromatic rings. The second-order valence-corrected chi connectivity index (χ2v) is 4.06. The maximum Gasteiger partial charge on any atom is 0.260 e. The lowest BCUT2D eigenvalue weighted by molar-refractivity contribution is -0.127. The number of halogens is 1. The van der Waals surface area contributed by atoms with Crippen LogP contribution in [0.3, 0.4) is 0 Å². The number of ether oxygens (including phenoxy) is 2. The highest BCUT2D eigenvalue weighted by molar-refractivity contribution is 5.80. The van der Waals surface area contributed by atoms with Gasteiger partial charge >= 0.3 is 0 Å². The van der Waals surface area contributed by atoms with Gasteiger partial charge in [-0.25, -0.2) is 4.39 Å². The first-order valence-electron chi connectivity index (χ1n) is 6.41. The fourth-order valence-electron chi connectivity index (χ4n) is 1.44. The smallest absolute Gasteiger partial charge is 0.260 e. The fourth-order valence-corrected chi connectivity index (χ4v) is 1.44. The quantitative estimate of drug-likeness (QED) is 0.735. The van der Waals surface area contributed by atoms with Gasteiger partial charge in [-0.05, 0) is 44.5 Å². The molecule has 1 N–H and O–H groups in total. The van der Waals surface area contributed by atoms with Crippen LogP contribution in [0, 0.1) is 5.82 Å². The molecule has 1 atom stereocenters. The molecule has 5 heteroatoms. The summed E-state index contributed by atoms with van der Waals surface area (Å²) in [5, 5.41) is 2.75. The van der Waals surface area contributed by atoms with Crippen molar-refractivity contribution in [1.82, 2.24) is 5.32 Å². The van der Waals surface area contributed by atoms with Crippen molar-refractivity contribution in [2.45, 2.75) is 26.4 Å². The highest BCUT2D eigenvalue weighted by Crippen LogP contribution is 2.12. The molecular formula is C14H20FNO3. The van der Waals surface area contributed by atoms with Crippen LogP contribution in [-0.2, 0) is 9.53 Å². The van der Waals surface area contributed by atoms with Crippen molar-refractivity contribution >= 4 is 5.91 Å². The Labute approximate surface area is 112 Å². The third kappa shape index (κ3) is 6.20. The minimum atomic E-state index is -0.613. The topological polar surface area (TPSA) is 47.6 Å². The lowest BCUT2D eigenvalue weighted by atomic mass is 10.3. The second kappa shape index (κ2) is 8.48. The van der Waals surface area contributed by atoms with Crippen LogP contribution in [0.5, 0.6) is 5.75 Å². The highest BCUT2D eigenvalue weighted by Gasteiger charge is 2.13. The minimum absolute atomic E-state index is 0.194. The summed E-state index contributed by atoms with van der Waals surface area (Å²) < 4.78 is 23.3.